The number of ether oxygens (including phenoxy) is 3. The lowest BCUT2D eigenvalue weighted by Crippen LogP contribution is -2.24. The molecule has 0 bridgehead atoms. The molecule has 3 aromatic carbocycles. The molecular formula is C26H25BrN2O5. The smallest absolute Gasteiger partial charge is 0.343 e. The summed E-state index contributed by atoms with van der Waals surface area (Å²) in [6.45, 7) is 2.62. The SMILES string of the molecule is CCCCOc1ccc(OCC(=O)NN=Cc2ccc(OC(=O)c3ccc(Br)cc3)cc2)cc1. The van der Waals surface area contributed by atoms with Crippen molar-refractivity contribution >= 4 is 34.0 Å². The molecule has 0 unspecified atom stereocenters. The van der Waals surface area contributed by atoms with Gasteiger partial charge < -0.3 is 14.2 Å². The fourth-order valence-electron chi connectivity index (χ4n) is 2.70. The Balaban J connectivity index is 1.40. The van der Waals surface area contributed by atoms with Gasteiger partial charge in [0.05, 0.1) is 18.4 Å². The van der Waals surface area contributed by atoms with Gasteiger partial charge in [-0.2, -0.15) is 5.10 Å². The van der Waals surface area contributed by atoms with Crippen LogP contribution in [0.15, 0.2) is 82.4 Å². The molecule has 3 aromatic rings. The van der Waals surface area contributed by atoms with Gasteiger partial charge in [-0.1, -0.05) is 29.3 Å². The molecule has 1 amide bonds. The fraction of sp³-hybridized carbons (Fsp3) is 0.192. The van der Waals surface area contributed by atoms with Gasteiger partial charge in [-0.05, 0) is 84.8 Å². The molecule has 0 radical (unpaired) electrons. The number of rotatable bonds is 11. The summed E-state index contributed by atoms with van der Waals surface area (Å²) in [5.41, 5.74) is 3.59. The first-order valence-electron chi connectivity index (χ1n) is 10.8. The number of unbranched alkanes of at least 4 members (excludes halogenated alkanes) is 1. The summed E-state index contributed by atoms with van der Waals surface area (Å²) in [6.07, 6.45) is 3.57. The zero-order valence-corrected chi connectivity index (χ0v) is 20.3. The molecule has 7 nitrogen and oxygen atoms in total. The zero-order chi connectivity index (χ0) is 24.2. The molecule has 0 atom stereocenters. The van der Waals surface area contributed by atoms with Gasteiger partial charge in [0.2, 0.25) is 0 Å². The second kappa shape index (κ2) is 13.2. The average Bonchev–Trinajstić information content (AvgIpc) is 2.85. The monoisotopic (exact) mass is 524 g/mol. The molecule has 0 aliphatic rings. The standard InChI is InChI=1S/C26H25BrN2O5/c1-2-3-16-32-22-12-14-23(15-13-22)33-18-25(30)29-28-17-19-4-10-24(11-5-19)34-26(31)20-6-8-21(27)9-7-20/h4-15,17H,2-3,16,18H2,1H3,(H,29,30). The van der Waals surface area contributed by atoms with Crippen LogP contribution in [0, 0.1) is 0 Å². The fourth-order valence-corrected chi connectivity index (χ4v) is 2.96. The highest BCUT2D eigenvalue weighted by molar-refractivity contribution is 9.10. The highest BCUT2D eigenvalue weighted by Crippen LogP contribution is 2.18. The van der Waals surface area contributed by atoms with E-state index in [4.69, 9.17) is 14.2 Å². The first-order chi connectivity index (χ1) is 16.5. The molecule has 176 valence electrons. The van der Waals surface area contributed by atoms with E-state index in [1.807, 2.05) is 0 Å². The molecule has 0 aliphatic carbocycles. The lowest BCUT2D eigenvalue weighted by Gasteiger charge is -2.08. The Hall–Kier alpha value is -3.65. The zero-order valence-electron chi connectivity index (χ0n) is 18.7. The molecule has 0 fully saturated rings. The van der Waals surface area contributed by atoms with Crippen molar-refractivity contribution in [2.45, 2.75) is 19.8 Å². The molecule has 1 N–H and O–H groups in total. The van der Waals surface area contributed by atoms with Crippen LogP contribution in [-0.2, 0) is 4.79 Å². The van der Waals surface area contributed by atoms with Crippen LogP contribution in [0.1, 0.15) is 35.7 Å². The number of esters is 1. The Labute approximate surface area is 206 Å². The van der Waals surface area contributed by atoms with Gasteiger partial charge in [0.25, 0.3) is 5.91 Å². The van der Waals surface area contributed by atoms with E-state index in [9.17, 15) is 9.59 Å². The summed E-state index contributed by atoms with van der Waals surface area (Å²) in [4.78, 5) is 24.1. The van der Waals surface area contributed by atoms with Gasteiger partial charge in [0, 0.05) is 4.47 Å². The minimum atomic E-state index is -0.445. The van der Waals surface area contributed by atoms with E-state index >= 15 is 0 Å². The van der Waals surface area contributed by atoms with Gasteiger partial charge in [0.1, 0.15) is 17.2 Å². The summed E-state index contributed by atoms with van der Waals surface area (Å²) in [5.74, 6) is 0.905. The Morgan fingerprint density at radius 2 is 1.50 bits per heavy atom. The maximum Gasteiger partial charge on any atom is 0.343 e. The minimum absolute atomic E-state index is 0.168. The summed E-state index contributed by atoms with van der Waals surface area (Å²) in [5, 5.41) is 3.92. The number of hydrazone groups is 1. The third-order valence-electron chi connectivity index (χ3n) is 4.53. The maximum absolute atomic E-state index is 12.2. The Morgan fingerprint density at radius 3 is 2.15 bits per heavy atom. The molecule has 8 heteroatoms. The van der Waals surface area contributed by atoms with Crippen molar-refractivity contribution in [2.24, 2.45) is 5.10 Å². The summed E-state index contributed by atoms with van der Waals surface area (Å²) in [7, 11) is 0. The normalized spacial score (nSPS) is 10.6. The first kappa shape index (κ1) is 25.0. The lowest BCUT2D eigenvalue weighted by molar-refractivity contribution is -0.123. The van der Waals surface area contributed by atoms with Crippen molar-refractivity contribution in [3.63, 3.8) is 0 Å². The third kappa shape index (κ3) is 8.37. The second-order valence-electron chi connectivity index (χ2n) is 7.22. The average molecular weight is 525 g/mol. The van der Waals surface area contributed by atoms with Crippen LogP contribution in [0.2, 0.25) is 0 Å². The lowest BCUT2D eigenvalue weighted by atomic mass is 10.2. The molecule has 0 aromatic heterocycles. The highest BCUT2D eigenvalue weighted by Gasteiger charge is 2.08. The summed E-state index contributed by atoms with van der Waals surface area (Å²) < 4.78 is 17.3. The third-order valence-corrected chi connectivity index (χ3v) is 5.06. The first-order valence-corrected chi connectivity index (χ1v) is 11.6. The molecule has 0 saturated carbocycles. The Kier molecular flexibility index (Phi) is 9.66. The molecule has 0 heterocycles. The molecular weight excluding hydrogens is 500 g/mol. The van der Waals surface area contributed by atoms with Crippen LogP contribution >= 0.6 is 15.9 Å². The van der Waals surface area contributed by atoms with Crippen molar-refractivity contribution in [3.05, 3.63) is 88.4 Å². The molecule has 34 heavy (non-hydrogen) atoms. The van der Waals surface area contributed by atoms with Crippen molar-refractivity contribution in [3.8, 4) is 17.2 Å². The summed E-state index contributed by atoms with van der Waals surface area (Å²) >= 11 is 3.33. The Bertz CT molecular complexity index is 1100. The maximum atomic E-state index is 12.2. The topological polar surface area (TPSA) is 86.2 Å². The van der Waals surface area contributed by atoms with Crippen LogP contribution in [0.25, 0.3) is 0 Å². The van der Waals surface area contributed by atoms with E-state index in [-0.39, 0.29) is 12.5 Å². The number of carbonyl (C=O) groups excluding carboxylic acids is 2. The van der Waals surface area contributed by atoms with E-state index in [0.717, 1.165) is 28.6 Å². The number of carbonyl (C=O) groups is 2. The molecule has 0 spiro atoms. The van der Waals surface area contributed by atoms with Gasteiger partial charge in [-0.25, -0.2) is 10.2 Å². The van der Waals surface area contributed by atoms with Crippen molar-refractivity contribution in [2.75, 3.05) is 13.2 Å². The second-order valence-corrected chi connectivity index (χ2v) is 8.14. The van der Waals surface area contributed by atoms with Crippen LogP contribution in [0.5, 0.6) is 17.2 Å². The number of hydrogen-bond donors (Lipinski definition) is 1. The van der Waals surface area contributed by atoms with E-state index in [2.05, 4.69) is 33.4 Å². The number of nitrogens with one attached hydrogen (secondary N) is 1. The van der Waals surface area contributed by atoms with Crippen LogP contribution in [-0.4, -0.2) is 31.3 Å². The van der Waals surface area contributed by atoms with E-state index in [0.29, 0.717) is 23.7 Å². The number of amides is 1. The van der Waals surface area contributed by atoms with Gasteiger partial charge in [-0.15, -0.1) is 0 Å². The minimum Gasteiger partial charge on any atom is -0.494 e. The summed E-state index contributed by atoms with van der Waals surface area (Å²) in [6, 6.07) is 20.8. The number of hydrogen-bond acceptors (Lipinski definition) is 6. The molecule has 0 saturated heterocycles. The van der Waals surface area contributed by atoms with Crippen LogP contribution in [0.4, 0.5) is 0 Å². The molecule has 0 aliphatic heterocycles. The van der Waals surface area contributed by atoms with Crippen molar-refractivity contribution in [1.29, 1.82) is 0 Å². The Morgan fingerprint density at radius 1 is 0.882 bits per heavy atom. The van der Waals surface area contributed by atoms with Crippen molar-refractivity contribution in [1.82, 2.24) is 5.43 Å². The predicted octanol–water partition coefficient (Wildman–Crippen LogP) is 5.38. The van der Waals surface area contributed by atoms with E-state index < -0.39 is 5.97 Å². The number of halogens is 1. The van der Waals surface area contributed by atoms with Crippen LogP contribution < -0.4 is 19.6 Å². The van der Waals surface area contributed by atoms with Gasteiger partial charge in [-0.3, -0.25) is 4.79 Å². The van der Waals surface area contributed by atoms with Gasteiger partial charge in [0.15, 0.2) is 6.61 Å². The number of nitrogens with zero attached hydrogens (tertiary/aromatic N) is 1. The van der Waals surface area contributed by atoms with E-state index in [1.165, 1.54) is 6.21 Å². The largest absolute Gasteiger partial charge is 0.494 e. The molecule has 3 rings (SSSR count). The van der Waals surface area contributed by atoms with E-state index in [1.54, 1.807) is 72.8 Å². The van der Waals surface area contributed by atoms with Crippen molar-refractivity contribution < 1.29 is 23.8 Å². The number of benzene rings is 3. The highest BCUT2D eigenvalue weighted by atomic mass is 79.9. The van der Waals surface area contributed by atoms with Crippen LogP contribution in [0.3, 0.4) is 0 Å². The predicted molar refractivity (Wildman–Crippen MR) is 134 cm³/mol. The van der Waals surface area contributed by atoms with Gasteiger partial charge >= 0.3 is 5.97 Å². The quantitative estimate of drug-likeness (QED) is 0.120.